The molecule has 2 N–H and O–H groups in total. The number of para-hydroxylation sites is 1. The lowest BCUT2D eigenvalue weighted by atomic mass is 10.1. The molecule has 23 heavy (non-hydrogen) atoms. The van der Waals surface area contributed by atoms with Crippen molar-refractivity contribution >= 4 is 16.8 Å². The van der Waals surface area contributed by atoms with Crippen LogP contribution in [-0.4, -0.2) is 22.6 Å². The van der Waals surface area contributed by atoms with Crippen LogP contribution >= 0.6 is 0 Å². The summed E-state index contributed by atoms with van der Waals surface area (Å²) in [7, 11) is 0. The lowest BCUT2D eigenvalue weighted by Gasteiger charge is -2.05. The van der Waals surface area contributed by atoms with Crippen LogP contribution in [0.4, 0.5) is 0 Å². The normalized spacial score (nSPS) is 10.8. The van der Waals surface area contributed by atoms with Gasteiger partial charge in [0.25, 0.3) is 5.56 Å². The van der Waals surface area contributed by atoms with E-state index < -0.39 is 0 Å². The van der Waals surface area contributed by atoms with Gasteiger partial charge in [-0.15, -0.1) is 0 Å². The Kier molecular flexibility index (Phi) is 4.23. The highest BCUT2D eigenvalue weighted by Crippen LogP contribution is 2.10. The van der Waals surface area contributed by atoms with Crippen molar-refractivity contribution in [3.05, 3.63) is 63.8 Å². The zero-order valence-corrected chi connectivity index (χ0v) is 12.8. The molecule has 0 radical (unpaired) electrons. The highest BCUT2D eigenvalue weighted by atomic mass is 16.5. The second-order valence-corrected chi connectivity index (χ2v) is 5.42. The third kappa shape index (κ3) is 3.66. The number of aromatic amines is 1. The van der Waals surface area contributed by atoms with Gasteiger partial charge in [0.15, 0.2) is 0 Å². The molecule has 0 saturated carbocycles. The highest BCUT2D eigenvalue weighted by molar-refractivity contribution is 5.79. The Morgan fingerprint density at radius 3 is 2.91 bits per heavy atom. The summed E-state index contributed by atoms with van der Waals surface area (Å²) < 4.78 is 4.92. The van der Waals surface area contributed by atoms with Gasteiger partial charge < -0.3 is 14.8 Å². The zero-order chi connectivity index (χ0) is 16.2. The number of aryl methyl sites for hydroxylation is 1. The molecule has 3 aromatic rings. The van der Waals surface area contributed by atoms with E-state index in [1.165, 1.54) is 0 Å². The molecule has 2 aromatic heterocycles. The minimum absolute atomic E-state index is 0.120. The monoisotopic (exact) mass is 311 g/mol. The maximum atomic E-state index is 12.0. The molecule has 0 aliphatic heterocycles. The van der Waals surface area contributed by atoms with Gasteiger partial charge in [-0.1, -0.05) is 23.4 Å². The first-order valence-corrected chi connectivity index (χ1v) is 7.41. The van der Waals surface area contributed by atoms with Gasteiger partial charge in [-0.25, -0.2) is 0 Å². The highest BCUT2D eigenvalue weighted by Gasteiger charge is 2.08. The van der Waals surface area contributed by atoms with E-state index in [2.05, 4.69) is 15.5 Å². The van der Waals surface area contributed by atoms with Crippen LogP contribution in [0.1, 0.15) is 17.0 Å². The predicted molar refractivity (Wildman–Crippen MR) is 86.2 cm³/mol. The Morgan fingerprint density at radius 2 is 2.13 bits per heavy atom. The average molecular weight is 311 g/mol. The van der Waals surface area contributed by atoms with Gasteiger partial charge in [0.1, 0.15) is 5.76 Å². The Morgan fingerprint density at radius 1 is 1.30 bits per heavy atom. The van der Waals surface area contributed by atoms with Crippen molar-refractivity contribution in [2.75, 3.05) is 6.54 Å². The topological polar surface area (TPSA) is 88.0 Å². The SMILES string of the molecule is Cc1cc(CC(=O)NCCc2cc3ccccc3[nH]c2=O)no1. The van der Waals surface area contributed by atoms with Crippen LogP contribution in [0.5, 0.6) is 0 Å². The summed E-state index contributed by atoms with van der Waals surface area (Å²) in [6.07, 6.45) is 0.648. The zero-order valence-electron chi connectivity index (χ0n) is 12.8. The van der Waals surface area contributed by atoms with Crippen LogP contribution in [0.25, 0.3) is 10.9 Å². The van der Waals surface area contributed by atoms with Crippen LogP contribution in [0, 0.1) is 6.92 Å². The summed E-state index contributed by atoms with van der Waals surface area (Å²) in [4.78, 5) is 26.7. The first kappa shape index (κ1) is 15.0. The average Bonchev–Trinajstić information content (AvgIpc) is 2.92. The number of carbonyl (C=O) groups excluding carboxylic acids is 1. The molecule has 3 rings (SSSR count). The van der Waals surface area contributed by atoms with Crippen molar-refractivity contribution in [1.82, 2.24) is 15.5 Å². The number of hydrogen-bond acceptors (Lipinski definition) is 4. The maximum absolute atomic E-state index is 12.0. The standard InChI is InChI=1S/C17H17N3O3/c1-11-8-14(20-23-11)10-16(21)18-7-6-13-9-12-4-2-3-5-15(12)19-17(13)22/h2-5,8-9H,6-7,10H2,1H3,(H,18,21)(H,19,22). The van der Waals surface area contributed by atoms with Crippen LogP contribution in [-0.2, 0) is 17.6 Å². The summed E-state index contributed by atoms with van der Waals surface area (Å²) in [5.74, 6) is 0.533. The van der Waals surface area contributed by atoms with Gasteiger partial charge >= 0.3 is 0 Å². The molecule has 0 aliphatic rings. The van der Waals surface area contributed by atoms with Crippen molar-refractivity contribution < 1.29 is 9.32 Å². The molecule has 118 valence electrons. The van der Waals surface area contributed by atoms with E-state index in [-0.39, 0.29) is 17.9 Å². The number of carbonyl (C=O) groups is 1. The molecule has 0 spiro atoms. The molecule has 0 bridgehead atoms. The quantitative estimate of drug-likeness (QED) is 0.751. The fourth-order valence-corrected chi connectivity index (χ4v) is 2.44. The molecular weight excluding hydrogens is 294 g/mol. The molecule has 0 unspecified atom stereocenters. The fourth-order valence-electron chi connectivity index (χ4n) is 2.44. The number of H-pyrrole nitrogens is 1. The summed E-state index contributed by atoms with van der Waals surface area (Å²) in [5, 5.41) is 7.55. The van der Waals surface area contributed by atoms with Gasteiger partial charge in [-0.05, 0) is 30.9 Å². The van der Waals surface area contributed by atoms with Crippen molar-refractivity contribution in [2.45, 2.75) is 19.8 Å². The number of fused-ring (bicyclic) bond motifs is 1. The Balaban J connectivity index is 1.59. The van der Waals surface area contributed by atoms with Crippen LogP contribution in [0.15, 0.2) is 45.7 Å². The fraction of sp³-hybridized carbons (Fsp3) is 0.235. The van der Waals surface area contributed by atoms with Crippen molar-refractivity contribution in [3.8, 4) is 0 Å². The molecule has 6 heteroatoms. The molecule has 2 heterocycles. The van der Waals surface area contributed by atoms with E-state index in [4.69, 9.17) is 4.52 Å². The van der Waals surface area contributed by atoms with Gasteiger partial charge in [-0.2, -0.15) is 0 Å². The number of hydrogen-bond donors (Lipinski definition) is 2. The van der Waals surface area contributed by atoms with Crippen molar-refractivity contribution in [1.29, 1.82) is 0 Å². The Labute approximate surface area is 132 Å². The molecule has 1 amide bonds. The van der Waals surface area contributed by atoms with Crippen LogP contribution in [0.3, 0.4) is 0 Å². The largest absolute Gasteiger partial charge is 0.361 e. The van der Waals surface area contributed by atoms with Gasteiger partial charge in [0.05, 0.1) is 12.1 Å². The molecule has 0 aliphatic carbocycles. The number of nitrogens with zero attached hydrogens (tertiary/aromatic N) is 1. The third-order valence-electron chi connectivity index (χ3n) is 3.57. The van der Waals surface area contributed by atoms with E-state index >= 15 is 0 Å². The lowest BCUT2D eigenvalue weighted by Crippen LogP contribution is -2.28. The van der Waals surface area contributed by atoms with E-state index in [9.17, 15) is 9.59 Å². The smallest absolute Gasteiger partial charge is 0.251 e. The first-order valence-electron chi connectivity index (χ1n) is 7.41. The molecular formula is C17H17N3O3. The number of amides is 1. The van der Waals surface area contributed by atoms with Crippen LogP contribution < -0.4 is 10.9 Å². The maximum Gasteiger partial charge on any atom is 0.251 e. The molecule has 6 nitrogen and oxygen atoms in total. The van der Waals surface area contributed by atoms with Gasteiger partial charge in [0, 0.05) is 23.7 Å². The summed E-state index contributed by atoms with van der Waals surface area (Å²) in [5.41, 5.74) is 1.95. The number of nitrogens with one attached hydrogen (secondary N) is 2. The molecule has 0 atom stereocenters. The number of rotatable bonds is 5. The van der Waals surface area contributed by atoms with Crippen molar-refractivity contribution in [2.24, 2.45) is 0 Å². The first-order chi connectivity index (χ1) is 11.1. The van der Waals surface area contributed by atoms with E-state index in [1.54, 1.807) is 13.0 Å². The van der Waals surface area contributed by atoms with Crippen LogP contribution in [0.2, 0.25) is 0 Å². The Bertz CT molecular complexity index is 895. The summed E-state index contributed by atoms with van der Waals surface area (Å²) in [6, 6.07) is 11.2. The minimum Gasteiger partial charge on any atom is -0.361 e. The molecule has 1 aromatic carbocycles. The number of benzene rings is 1. The summed E-state index contributed by atoms with van der Waals surface area (Å²) >= 11 is 0. The number of pyridine rings is 1. The van der Waals surface area contributed by atoms with E-state index in [0.29, 0.717) is 30.0 Å². The molecule has 0 fully saturated rings. The van der Waals surface area contributed by atoms with Gasteiger partial charge in [0.2, 0.25) is 5.91 Å². The number of aromatic nitrogens is 2. The molecule has 0 saturated heterocycles. The second kappa shape index (κ2) is 6.48. The van der Waals surface area contributed by atoms with Crippen molar-refractivity contribution in [3.63, 3.8) is 0 Å². The lowest BCUT2D eigenvalue weighted by molar-refractivity contribution is -0.120. The third-order valence-corrected chi connectivity index (χ3v) is 3.57. The van der Waals surface area contributed by atoms with E-state index in [0.717, 1.165) is 10.9 Å². The Hall–Kier alpha value is -2.89. The summed E-state index contributed by atoms with van der Waals surface area (Å²) in [6.45, 7) is 2.18. The second-order valence-electron chi connectivity index (χ2n) is 5.42. The predicted octanol–water partition coefficient (Wildman–Crippen LogP) is 1.73. The van der Waals surface area contributed by atoms with Gasteiger partial charge in [-0.3, -0.25) is 9.59 Å². The minimum atomic E-state index is -0.143. The van der Waals surface area contributed by atoms with E-state index in [1.807, 2.05) is 30.3 Å².